The van der Waals surface area contributed by atoms with E-state index < -0.39 is 0 Å². The summed E-state index contributed by atoms with van der Waals surface area (Å²) in [6, 6.07) is 12.2. The molecule has 1 atom stereocenters. The summed E-state index contributed by atoms with van der Waals surface area (Å²) in [6.45, 7) is 2.52. The van der Waals surface area contributed by atoms with Gasteiger partial charge in [-0.25, -0.2) is 0 Å². The van der Waals surface area contributed by atoms with Crippen LogP contribution in [0.25, 0.3) is 6.08 Å². The number of nitrogens with one attached hydrogen (secondary N) is 1. The number of thiophene rings is 1. The van der Waals surface area contributed by atoms with Crippen molar-refractivity contribution in [2.45, 2.75) is 17.9 Å². The van der Waals surface area contributed by atoms with E-state index in [2.05, 4.69) is 18.3 Å². The summed E-state index contributed by atoms with van der Waals surface area (Å²) in [5.74, 6) is -0.116. The lowest BCUT2D eigenvalue weighted by atomic mass is 10.2. The van der Waals surface area contributed by atoms with Crippen molar-refractivity contribution in [3.8, 4) is 0 Å². The number of benzene rings is 1. The zero-order valence-electron chi connectivity index (χ0n) is 13.5. The van der Waals surface area contributed by atoms with Crippen molar-refractivity contribution in [2.24, 2.45) is 0 Å². The third-order valence-corrected chi connectivity index (χ3v) is 5.20. The van der Waals surface area contributed by atoms with Crippen molar-refractivity contribution < 1.29 is 9.53 Å². The molecule has 0 spiro atoms. The highest BCUT2D eigenvalue weighted by Gasteiger charge is 2.13. The molecule has 2 rings (SSSR count). The van der Waals surface area contributed by atoms with Gasteiger partial charge in [0.25, 0.3) is 0 Å². The molecule has 0 unspecified atom stereocenters. The van der Waals surface area contributed by atoms with Crippen molar-refractivity contribution in [3.05, 3.63) is 57.8 Å². The minimum Gasteiger partial charge on any atom is -0.374 e. The van der Waals surface area contributed by atoms with Gasteiger partial charge in [0.1, 0.15) is 6.10 Å². The molecule has 0 saturated heterocycles. The van der Waals surface area contributed by atoms with Gasteiger partial charge in [-0.05, 0) is 49.1 Å². The van der Waals surface area contributed by atoms with Crippen LogP contribution in [0.3, 0.4) is 0 Å². The minimum atomic E-state index is -0.116. The van der Waals surface area contributed by atoms with Gasteiger partial charge in [0.05, 0.1) is 0 Å². The molecule has 0 aliphatic rings. The third kappa shape index (κ3) is 5.53. The second-order valence-corrected chi connectivity index (χ2v) is 7.22. The second-order valence-electron chi connectivity index (χ2n) is 5.02. The number of carbonyl (C=O) groups is 1. The van der Waals surface area contributed by atoms with Gasteiger partial charge in [-0.2, -0.15) is 0 Å². The van der Waals surface area contributed by atoms with Crippen LogP contribution >= 0.6 is 23.1 Å². The Morgan fingerprint density at radius 1 is 1.30 bits per heavy atom. The van der Waals surface area contributed by atoms with Crippen molar-refractivity contribution >= 4 is 35.1 Å². The number of amides is 1. The first-order valence-electron chi connectivity index (χ1n) is 7.31. The molecular weight excluding hydrogens is 326 g/mol. The Balaban J connectivity index is 1.87. The predicted octanol–water partition coefficient (Wildman–Crippen LogP) is 4.30. The van der Waals surface area contributed by atoms with E-state index in [-0.39, 0.29) is 12.0 Å². The molecule has 5 heteroatoms. The molecular formula is C18H21NO2S2. The summed E-state index contributed by atoms with van der Waals surface area (Å²) in [4.78, 5) is 15.5. The van der Waals surface area contributed by atoms with Gasteiger partial charge in [-0.3, -0.25) is 4.79 Å². The van der Waals surface area contributed by atoms with Crippen LogP contribution in [-0.2, 0) is 9.53 Å². The van der Waals surface area contributed by atoms with E-state index in [9.17, 15) is 4.79 Å². The van der Waals surface area contributed by atoms with E-state index in [1.807, 2.05) is 42.7 Å². The lowest BCUT2D eigenvalue weighted by Gasteiger charge is -2.13. The molecule has 3 nitrogen and oxygen atoms in total. The molecule has 2 aromatic rings. The average molecular weight is 348 g/mol. The molecule has 0 fully saturated rings. The molecule has 0 bridgehead atoms. The van der Waals surface area contributed by atoms with E-state index in [1.165, 1.54) is 9.77 Å². The number of methoxy groups -OCH3 is 1. The molecule has 0 saturated carbocycles. The molecule has 1 aromatic carbocycles. The highest BCUT2D eigenvalue weighted by Crippen LogP contribution is 2.24. The van der Waals surface area contributed by atoms with E-state index >= 15 is 0 Å². The maximum absolute atomic E-state index is 11.9. The fraction of sp³-hybridized carbons (Fsp3) is 0.278. The van der Waals surface area contributed by atoms with Gasteiger partial charge < -0.3 is 10.1 Å². The predicted molar refractivity (Wildman–Crippen MR) is 99.1 cm³/mol. The Kier molecular flexibility index (Phi) is 6.89. The van der Waals surface area contributed by atoms with Crippen LogP contribution in [0, 0.1) is 6.92 Å². The minimum absolute atomic E-state index is 0.105. The van der Waals surface area contributed by atoms with Gasteiger partial charge in [0.2, 0.25) is 5.91 Å². The van der Waals surface area contributed by atoms with Crippen molar-refractivity contribution in [1.29, 1.82) is 0 Å². The van der Waals surface area contributed by atoms with Crippen molar-refractivity contribution in [1.82, 2.24) is 5.32 Å². The fourth-order valence-corrected chi connectivity index (χ4v) is 3.43. The lowest BCUT2D eigenvalue weighted by molar-refractivity contribution is -0.117. The Morgan fingerprint density at radius 3 is 2.61 bits per heavy atom. The Labute approximate surface area is 145 Å². The Morgan fingerprint density at radius 2 is 2.04 bits per heavy atom. The third-order valence-electron chi connectivity index (χ3n) is 3.37. The summed E-state index contributed by atoms with van der Waals surface area (Å²) >= 11 is 3.39. The maximum Gasteiger partial charge on any atom is 0.244 e. The summed E-state index contributed by atoms with van der Waals surface area (Å²) in [7, 11) is 1.66. The summed E-state index contributed by atoms with van der Waals surface area (Å²) < 4.78 is 5.46. The highest BCUT2D eigenvalue weighted by molar-refractivity contribution is 7.98. The topological polar surface area (TPSA) is 38.3 Å². The SMILES string of the molecule is CO[C@@H](CNC(=O)/C=C/c1ccc(SC)cc1)c1ccc(C)s1. The lowest BCUT2D eigenvalue weighted by Crippen LogP contribution is -2.27. The quantitative estimate of drug-likeness (QED) is 0.599. The average Bonchev–Trinajstić information content (AvgIpc) is 3.00. The van der Waals surface area contributed by atoms with Gasteiger partial charge in [0, 0.05) is 34.4 Å². The van der Waals surface area contributed by atoms with E-state index in [4.69, 9.17) is 4.74 Å². The fourth-order valence-electron chi connectivity index (χ4n) is 2.07. The monoisotopic (exact) mass is 347 g/mol. The highest BCUT2D eigenvalue weighted by atomic mass is 32.2. The van der Waals surface area contributed by atoms with Crippen LogP contribution in [0.2, 0.25) is 0 Å². The molecule has 1 aromatic heterocycles. The zero-order chi connectivity index (χ0) is 16.7. The normalized spacial score (nSPS) is 12.5. The molecule has 1 N–H and O–H groups in total. The van der Waals surface area contributed by atoms with Crippen LogP contribution in [0.4, 0.5) is 0 Å². The first kappa shape index (κ1) is 17.8. The van der Waals surface area contributed by atoms with E-state index in [0.717, 1.165) is 10.4 Å². The number of hydrogen-bond donors (Lipinski definition) is 1. The number of ether oxygens (including phenoxy) is 1. The smallest absolute Gasteiger partial charge is 0.244 e. The number of aryl methyl sites for hydroxylation is 1. The van der Waals surface area contributed by atoms with E-state index in [0.29, 0.717) is 6.54 Å². The number of thioether (sulfide) groups is 1. The van der Waals surface area contributed by atoms with Crippen LogP contribution in [0.5, 0.6) is 0 Å². The molecule has 23 heavy (non-hydrogen) atoms. The zero-order valence-corrected chi connectivity index (χ0v) is 15.2. The van der Waals surface area contributed by atoms with Gasteiger partial charge >= 0.3 is 0 Å². The maximum atomic E-state index is 11.9. The van der Waals surface area contributed by atoms with Crippen molar-refractivity contribution in [3.63, 3.8) is 0 Å². The van der Waals surface area contributed by atoms with Crippen LogP contribution in [0.15, 0.2) is 47.4 Å². The number of carbonyl (C=O) groups excluding carboxylic acids is 1. The van der Waals surface area contributed by atoms with Crippen molar-refractivity contribution in [2.75, 3.05) is 19.9 Å². The standard InChI is InChI=1S/C18H21NO2S2/c1-13-4-10-17(23-13)16(21-2)12-19-18(20)11-7-14-5-8-15(22-3)9-6-14/h4-11,16H,12H2,1-3H3,(H,19,20)/b11-7+/t16-/m0/s1. The summed E-state index contributed by atoms with van der Waals surface area (Å²) in [5.41, 5.74) is 1.01. The van der Waals surface area contributed by atoms with Gasteiger partial charge in [-0.1, -0.05) is 12.1 Å². The number of rotatable bonds is 7. The largest absolute Gasteiger partial charge is 0.374 e. The second kappa shape index (κ2) is 8.91. The first-order chi connectivity index (χ1) is 11.1. The van der Waals surface area contributed by atoms with Gasteiger partial charge in [-0.15, -0.1) is 23.1 Å². The van der Waals surface area contributed by atoms with Crippen LogP contribution in [-0.4, -0.2) is 25.8 Å². The molecule has 0 aliphatic heterocycles. The molecule has 1 heterocycles. The van der Waals surface area contributed by atoms with Crippen LogP contribution < -0.4 is 5.32 Å². The molecule has 1 amide bonds. The Bertz CT molecular complexity index is 662. The van der Waals surface area contributed by atoms with Crippen LogP contribution in [0.1, 0.15) is 21.4 Å². The first-order valence-corrected chi connectivity index (χ1v) is 9.35. The van der Waals surface area contributed by atoms with E-state index in [1.54, 1.807) is 36.3 Å². The number of hydrogen-bond acceptors (Lipinski definition) is 4. The molecule has 0 aliphatic carbocycles. The summed E-state index contributed by atoms with van der Waals surface area (Å²) in [6.07, 6.45) is 5.31. The molecule has 0 radical (unpaired) electrons. The summed E-state index contributed by atoms with van der Waals surface area (Å²) in [5, 5.41) is 2.89. The molecule has 122 valence electrons. The van der Waals surface area contributed by atoms with Gasteiger partial charge in [0.15, 0.2) is 0 Å². The Hall–Kier alpha value is -1.56.